The SMILES string of the molecule is O=C(c1cccs1)N1CCC(C(=O)N2CCN(CCCc3nc(-c4cccs4)no3)CC2)CC1. The van der Waals surface area contributed by atoms with Gasteiger partial charge in [-0.15, -0.1) is 22.7 Å². The lowest BCUT2D eigenvalue weighted by Gasteiger charge is -2.38. The van der Waals surface area contributed by atoms with Crippen LogP contribution in [-0.4, -0.2) is 82.5 Å². The first kappa shape index (κ1) is 23.2. The van der Waals surface area contributed by atoms with Crippen molar-refractivity contribution in [2.45, 2.75) is 25.7 Å². The van der Waals surface area contributed by atoms with Crippen molar-refractivity contribution in [3.8, 4) is 10.7 Å². The molecule has 0 atom stereocenters. The lowest BCUT2D eigenvalue weighted by molar-refractivity contribution is -0.138. The Hall–Kier alpha value is -2.56. The second-order valence-electron chi connectivity index (χ2n) is 8.80. The van der Waals surface area contributed by atoms with Crippen molar-refractivity contribution in [1.29, 1.82) is 0 Å². The quantitative estimate of drug-likeness (QED) is 0.495. The van der Waals surface area contributed by atoms with Gasteiger partial charge in [0.25, 0.3) is 5.91 Å². The molecule has 34 heavy (non-hydrogen) atoms. The van der Waals surface area contributed by atoms with Gasteiger partial charge in [0, 0.05) is 51.6 Å². The number of carbonyl (C=O) groups is 2. The number of hydrogen-bond acceptors (Lipinski definition) is 8. The number of aromatic nitrogens is 2. The van der Waals surface area contributed by atoms with E-state index in [1.807, 2.05) is 44.8 Å². The molecule has 0 bridgehead atoms. The molecule has 5 heterocycles. The van der Waals surface area contributed by atoms with E-state index in [0.29, 0.717) is 24.8 Å². The van der Waals surface area contributed by atoms with Crippen LogP contribution in [0.1, 0.15) is 34.8 Å². The van der Waals surface area contributed by atoms with Gasteiger partial charge < -0.3 is 14.3 Å². The van der Waals surface area contributed by atoms with E-state index in [4.69, 9.17) is 4.52 Å². The Labute approximate surface area is 207 Å². The fourth-order valence-corrected chi connectivity index (χ4v) is 5.99. The molecule has 0 N–H and O–H groups in total. The van der Waals surface area contributed by atoms with Crippen LogP contribution in [0.5, 0.6) is 0 Å². The molecular formula is C24H29N5O3S2. The summed E-state index contributed by atoms with van der Waals surface area (Å²) in [6.07, 6.45) is 3.23. The molecule has 0 saturated carbocycles. The summed E-state index contributed by atoms with van der Waals surface area (Å²) < 4.78 is 5.39. The minimum atomic E-state index is 0.0361. The van der Waals surface area contributed by atoms with Gasteiger partial charge >= 0.3 is 0 Å². The zero-order valence-corrected chi connectivity index (χ0v) is 20.7. The van der Waals surface area contributed by atoms with E-state index in [-0.39, 0.29) is 17.7 Å². The maximum atomic E-state index is 13.0. The second kappa shape index (κ2) is 10.8. The van der Waals surface area contributed by atoms with Crippen molar-refractivity contribution >= 4 is 34.5 Å². The highest BCUT2D eigenvalue weighted by Crippen LogP contribution is 2.24. The first-order chi connectivity index (χ1) is 16.7. The summed E-state index contributed by atoms with van der Waals surface area (Å²) in [6, 6.07) is 7.75. The molecule has 3 aromatic rings. The van der Waals surface area contributed by atoms with Gasteiger partial charge in [0.1, 0.15) is 0 Å². The van der Waals surface area contributed by atoms with E-state index in [2.05, 4.69) is 15.0 Å². The number of hydrogen-bond donors (Lipinski definition) is 0. The van der Waals surface area contributed by atoms with Crippen LogP contribution in [0.3, 0.4) is 0 Å². The van der Waals surface area contributed by atoms with Crippen LogP contribution in [0, 0.1) is 5.92 Å². The lowest BCUT2D eigenvalue weighted by atomic mass is 9.95. The molecule has 0 aromatic carbocycles. The van der Waals surface area contributed by atoms with Crippen molar-refractivity contribution in [2.75, 3.05) is 45.8 Å². The number of piperazine rings is 1. The molecule has 2 aliphatic heterocycles. The fraction of sp³-hybridized carbons (Fsp3) is 0.500. The molecule has 0 spiro atoms. The number of aryl methyl sites for hydroxylation is 1. The highest BCUT2D eigenvalue weighted by atomic mass is 32.1. The standard InChI is InChI=1S/C24H29N5O3S2/c30-23(18-7-10-28(11-8-18)24(31)20-5-3-17-34-20)29-14-12-27(13-15-29)9-1-6-21-25-22(26-32-21)19-4-2-16-33-19/h2-5,16-18H,1,6-15H2. The average molecular weight is 500 g/mol. The van der Waals surface area contributed by atoms with Crippen molar-refractivity contribution in [3.05, 3.63) is 45.8 Å². The number of amides is 2. The smallest absolute Gasteiger partial charge is 0.263 e. The summed E-state index contributed by atoms with van der Waals surface area (Å²) in [7, 11) is 0. The Kier molecular flexibility index (Phi) is 7.36. The van der Waals surface area contributed by atoms with Crippen molar-refractivity contribution < 1.29 is 14.1 Å². The van der Waals surface area contributed by atoms with Gasteiger partial charge in [0.15, 0.2) is 0 Å². The molecule has 2 saturated heterocycles. The predicted octanol–water partition coefficient (Wildman–Crippen LogP) is 3.49. The molecule has 0 unspecified atom stereocenters. The Morgan fingerprint density at radius 3 is 2.44 bits per heavy atom. The van der Waals surface area contributed by atoms with Crippen LogP contribution in [0.2, 0.25) is 0 Å². The summed E-state index contributed by atoms with van der Waals surface area (Å²) in [5.74, 6) is 1.74. The van der Waals surface area contributed by atoms with Crippen molar-refractivity contribution in [2.24, 2.45) is 5.92 Å². The molecule has 2 fully saturated rings. The Morgan fingerprint density at radius 2 is 1.74 bits per heavy atom. The van der Waals surface area contributed by atoms with Crippen LogP contribution < -0.4 is 0 Å². The van der Waals surface area contributed by atoms with Gasteiger partial charge in [-0.1, -0.05) is 17.3 Å². The van der Waals surface area contributed by atoms with Crippen LogP contribution in [0.15, 0.2) is 39.5 Å². The highest BCUT2D eigenvalue weighted by Gasteiger charge is 2.32. The van der Waals surface area contributed by atoms with E-state index in [0.717, 1.165) is 68.2 Å². The van der Waals surface area contributed by atoms with Crippen LogP contribution in [0.25, 0.3) is 10.7 Å². The summed E-state index contributed by atoms with van der Waals surface area (Å²) in [4.78, 5) is 38.2. The van der Waals surface area contributed by atoms with Gasteiger partial charge in [-0.25, -0.2) is 0 Å². The minimum Gasteiger partial charge on any atom is -0.340 e. The molecule has 180 valence electrons. The van der Waals surface area contributed by atoms with E-state index >= 15 is 0 Å². The van der Waals surface area contributed by atoms with E-state index in [1.54, 1.807) is 11.3 Å². The minimum absolute atomic E-state index is 0.0361. The Bertz CT molecular complexity index is 1070. The summed E-state index contributed by atoms with van der Waals surface area (Å²) in [5, 5.41) is 8.00. The van der Waals surface area contributed by atoms with E-state index < -0.39 is 0 Å². The summed E-state index contributed by atoms with van der Waals surface area (Å²) in [5.41, 5.74) is 0. The fourth-order valence-electron chi connectivity index (χ4n) is 4.65. The number of rotatable bonds is 7. The number of nitrogens with zero attached hydrogens (tertiary/aromatic N) is 5. The predicted molar refractivity (Wildman–Crippen MR) is 132 cm³/mol. The maximum absolute atomic E-state index is 13.0. The lowest BCUT2D eigenvalue weighted by Crippen LogP contribution is -2.52. The van der Waals surface area contributed by atoms with Crippen LogP contribution in [-0.2, 0) is 11.2 Å². The first-order valence-electron chi connectivity index (χ1n) is 11.9. The third kappa shape index (κ3) is 5.39. The summed E-state index contributed by atoms with van der Waals surface area (Å²) >= 11 is 3.08. The second-order valence-corrected chi connectivity index (χ2v) is 10.7. The van der Waals surface area contributed by atoms with Gasteiger partial charge in [-0.3, -0.25) is 14.5 Å². The highest BCUT2D eigenvalue weighted by molar-refractivity contribution is 7.13. The maximum Gasteiger partial charge on any atom is 0.263 e. The normalized spacial score (nSPS) is 17.9. The third-order valence-corrected chi connectivity index (χ3v) is 8.35. The number of carbonyl (C=O) groups excluding carboxylic acids is 2. The molecule has 3 aromatic heterocycles. The van der Waals surface area contributed by atoms with Crippen molar-refractivity contribution in [3.63, 3.8) is 0 Å². The van der Waals surface area contributed by atoms with Gasteiger partial charge in [0.05, 0.1) is 9.75 Å². The van der Waals surface area contributed by atoms with Crippen molar-refractivity contribution in [1.82, 2.24) is 24.8 Å². The van der Waals surface area contributed by atoms with Gasteiger partial charge in [-0.05, 0) is 48.7 Å². The van der Waals surface area contributed by atoms with Crippen LogP contribution >= 0.6 is 22.7 Å². The average Bonchev–Trinajstić information content (AvgIpc) is 3.66. The Balaban J connectivity index is 1.01. The number of likely N-dealkylation sites (tertiary alicyclic amines) is 1. The summed E-state index contributed by atoms with van der Waals surface area (Å²) in [6.45, 7) is 5.62. The first-order valence-corrected chi connectivity index (χ1v) is 13.6. The largest absolute Gasteiger partial charge is 0.340 e. The monoisotopic (exact) mass is 499 g/mol. The van der Waals surface area contributed by atoms with Gasteiger partial charge in [-0.2, -0.15) is 4.98 Å². The molecule has 2 amide bonds. The molecule has 0 aliphatic carbocycles. The van der Waals surface area contributed by atoms with E-state index in [9.17, 15) is 9.59 Å². The zero-order chi connectivity index (χ0) is 23.3. The van der Waals surface area contributed by atoms with Gasteiger partial charge in [0.2, 0.25) is 17.6 Å². The molecular weight excluding hydrogens is 470 g/mol. The molecule has 8 nitrogen and oxygen atoms in total. The third-order valence-electron chi connectivity index (χ3n) is 6.62. The molecule has 2 aliphatic rings. The van der Waals surface area contributed by atoms with E-state index in [1.165, 1.54) is 11.3 Å². The molecule has 10 heteroatoms. The number of piperidine rings is 1. The zero-order valence-electron chi connectivity index (χ0n) is 19.1. The topological polar surface area (TPSA) is 82.8 Å². The van der Waals surface area contributed by atoms with Crippen LogP contribution in [0.4, 0.5) is 0 Å². The Morgan fingerprint density at radius 1 is 0.971 bits per heavy atom. The molecule has 5 rings (SSSR count). The number of thiophene rings is 2. The molecule has 0 radical (unpaired) electrons.